The van der Waals surface area contributed by atoms with Crippen molar-refractivity contribution in [2.45, 2.75) is 57.0 Å². The summed E-state index contributed by atoms with van der Waals surface area (Å²) in [4.78, 5) is 25.1. The number of carbonyl (C=O) groups excluding carboxylic acids is 2. The minimum absolute atomic E-state index is 0.0225. The lowest BCUT2D eigenvalue weighted by Crippen LogP contribution is -2.62. The summed E-state index contributed by atoms with van der Waals surface area (Å²) in [5, 5.41) is 0. The van der Waals surface area contributed by atoms with Gasteiger partial charge in [0.15, 0.2) is 0 Å². The highest BCUT2D eigenvalue weighted by molar-refractivity contribution is 5.89. The van der Waals surface area contributed by atoms with Crippen molar-refractivity contribution in [1.29, 1.82) is 0 Å². The lowest BCUT2D eigenvalue weighted by molar-refractivity contribution is -0.163. The van der Waals surface area contributed by atoms with E-state index in [-0.39, 0.29) is 35.5 Å². The van der Waals surface area contributed by atoms with Crippen molar-refractivity contribution in [1.82, 2.24) is 0 Å². The zero-order valence-corrected chi connectivity index (χ0v) is 19.3. The second-order valence-electron chi connectivity index (χ2n) is 10.6. The average molecular weight is 451 g/mol. The van der Waals surface area contributed by atoms with Gasteiger partial charge in [-0.3, -0.25) is 0 Å². The van der Waals surface area contributed by atoms with Gasteiger partial charge >= 0.3 is 11.9 Å². The third kappa shape index (κ3) is 2.68. The van der Waals surface area contributed by atoms with Crippen LogP contribution in [0.4, 0.5) is 0 Å². The van der Waals surface area contributed by atoms with Crippen LogP contribution in [0, 0.1) is 22.7 Å². The molecule has 6 rings (SSSR count). The third-order valence-electron chi connectivity index (χ3n) is 9.28. The molecule has 6 heteroatoms. The van der Waals surface area contributed by atoms with Crippen LogP contribution in [0.3, 0.4) is 0 Å². The summed E-state index contributed by atoms with van der Waals surface area (Å²) in [7, 11) is 1.63. The van der Waals surface area contributed by atoms with Crippen LogP contribution in [-0.4, -0.2) is 49.6 Å². The highest BCUT2D eigenvalue weighted by atomic mass is 16.6. The molecule has 174 valence electrons. The molecule has 0 unspecified atom stereocenters. The Morgan fingerprint density at radius 2 is 1.97 bits per heavy atom. The van der Waals surface area contributed by atoms with Crippen molar-refractivity contribution >= 4 is 11.9 Å². The van der Waals surface area contributed by atoms with Crippen LogP contribution in [0.15, 0.2) is 54.1 Å². The normalized spacial score (nSPS) is 44.5. The van der Waals surface area contributed by atoms with E-state index in [9.17, 15) is 9.59 Å². The summed E-state index contributed by atoms with van der Waals surface area (Å²) >= 11 is 0. The van der Waals surface area contributed by atoms with E-state index in [0.717, 1.165) is 24.8 Å². The predicted octanol–water partition coefficient (Wildman–Crippen LogP) is 3.86. The summed E-state index contributed by atoms with van der Waals surface area (Å²) in [5.41, 5.74) is 0.502. The highest BCUT2D eigenvalue weighted by Gasteiger charge is 2.81. The first-order valence-electron chi connectivity index (χ1n) is 11.9. The van der Waals surface area contributed by atoms with E-state index in [1.807, 2.05) is 18.2 Å². The summed E-state index contributed by atoms with van der Waals surface area (Å²) in [5.74, 6) is -0.0948. The largest absolute Gasteiger partial charge is 0.458 e. The van der Waals surface area contributed by atoms with Crippen LogP contribution in [0.1, 0.15) is 43.5 Å². The van der Waals surface area contributed by atoms with Crippen LogP contribution < -0.4 is 0 Å². The Labute approximate surface area is 193 Å². The standard InChI is InChI=1S/C27H30O6/c1-25-14-21-27(33-21)19(10-9-17-13-23(28)31-22(15-30-3)26(17,27)2)18(25)11-12-20(25)32-24(29)16-7-5-4-6-8-16/h4-10,13,18-22H,11-12,14-15H2,1-3H3/t18-,19-,20-,21+,22+,25-,26+,27-/m0/s1. The van der Waals surface area contributed by atoms with Crippen molar-refractivity contribution in [3.05, 3.63) is 59.7 Å². The minimum Gasteiger partial charge on any atom is -0.458 e. The number of ether oxygens (including phenoxy) is 4. The smallest absolute Gasteiger partial charge is 0.338 e. The summed E-state index contributed by atoms with van der Waals surface area (Å²) in [6.45, 7) is 4.75. The monoisotopic (exact) mass is 450 g/mol. The van der Waals surface area contributed by atoms with E-state index in [1.165, 1.54) is 0 Å². The number of allylic oxidation sites excluding steroid dienone is 1. The quantitative estimate of drug-likeness (QED) is 0.512. The average Bonchev–Trinajstić information content (AvgIpc) is 3.43. The molecular weight excluding hydrogens is 420 g/mol. The van der Waals surface area contributed by atoms with Crippen LogP contribution in [-0.2, 0) is 23.7 Å². The zero-order valence-electron chi connectivity index (χ0n) is 19.3. The molecular formula is C27H30O6. The van der Waals surface area contributed by atoms with E-state index in [0.29, 0.717) is 18.1 Å². The van der Waals surface area contributed by atoms with E-state index >= 15 is 0 Å². The first-order valence-corrected chi connectivity index (χ1v) is 11.9. The van der Waals surface area contributed by atoms with Crippen molar-refractivity contribution in [2.75, 3.05) is 13.7 Å². The first-order chi connectivity index (χ1) is 15.8. The van der Waals surface area contributed by atoms with Crippen molar-refractivity contribution in [3.63, 3.8) is 0 Å². The molecule has 0 N–H and O–H groups in total. The van der Waals surface area contributed by atoms with Gasteiger partial charge in [0, 0.05) is 24.5 Å². The van der Waals surface area contributed by atoms with Gasteiger partial charge in [0.25, 0.3) is 0 Å². The molecule has 0 aromatic heterocycles. The van der Waals surface area contributed by atoms with E-state index in [2.05, 4.69) is 26.0 Å². The topological polar surface area (TPSA) is 74.4 Å². The fourth-order valence-corrected chi connectivity index (χ4v) is 7.55. The van der Waals surface area contributed by atoms with Crippen LogP contribution in [0.5, 0.6) is 0 Å². The number of hydrogen-bond donors (Lipinski definition) is 0. The van der Waals surface area contributed by atoms with Gasteiger partial charge < -0.3 is 18.9 Å². The maximum Gasteiger partial charge on any atom is 0.338 e. The molecule has 8 atom stereocenters. The fraction of sp³-hybridized carbons (Fsp3) is 0.556. The van der Waals surface area contributed by atoms with Gasteiger partial charge in [0.1, 0.15) is 17.8 Å². The molecule has 33 heavy (non-hydrogen) atoms. The maximum atomic E-state index is 12.8. The number of hydrogen-bond acceptors (Lipinski definition) is 6. The Kier molecular flexibility index (Phi) is 4.50. The molecule has 3 aliphatic carbocycles. The van der Waals surface area contributed by atoms with Gasteiger partial charge in [-0.05, 0) is 49.8 Å². The molecule has 0 bridgehead atoms. The molecule has 5 aliphatic rings. The lowest BCUT2D eigenvalue weighted by Gasteiger charge is -2.54. The van der Waals surface area contributed by atoms with Crippen LogP contribution in [0.25, 0.3) is 0 Å². The fourth-order valence-electron chi connectivity index (χ4n) is 7.55. The number of carbonyl (C=O) groups is 2. The molecule has 0 radical (unpaired) electrons. The number of epoxide rings is 1. The molecule has 2 saturated carbocycles. The molecule has 1 saturated heterocycles. The summed E-state index contributed by atoms with van der Waals surface area (Å²) in [6, 6.07) is 9.20. The highest BCUT2D eigenvalue weighted by Crippen LogP contribution is 2.74. The molecule has 2 heterocycles. The van der Waals surface area contributed by atoms with Crippen LogP contribution >= 0.6 is 0 Å². The molecule has 1 aromatic carbocycles. The maximum absolute atomic E-state index is 12.8. The zero-order chi connectivity index (χ0) is 23.0. The van der Waals surface area contributed by atoms with E-state index in [1.54, 1.807) is 25.3 Å². The van der Waals surface area contributed by atoms with Crippen molar-refractivity contribution in [3.8, 4) is 0 Å². The van der Waals surface area contributed by atoms with Crippen molar-refractivity contribution < 1.29 is 28.5 Å². The Balaban J connectivity index is 1.33. The second kappa shape index (κ2) is 7.03. The van der Waals surface area contributed by atoms with Gasteiger partial charge in [-0.1, -0.05) is 37.3 Å². The van der Waals surface area contributed by atoms with Gasteiger partial charge in [0.2, 0.25) is 0 Å². The second-order valence-corrected chi connectivity index (χ2v) is 10.6. The molecule has 0 amide bonds. The predicted molar refractivity (Wildman–Crippen MR) is 119 cm³/mol. The van der Waals surface area contributed by atoms with Gasteiger partial charge in [-0.25, -0.2) is 9.59 Å². The number of esters is 2. The van der Waals surface area contributed by atoms with Gasteiger partial charge in [-0.15, -0.1) is 0 Å². The number of methoxy groups -OCH3 is 1. The van der Waals surface area contributed by atoms with Gasteiger partial charge in [0.05, 0.1) is 23.7 Å². The van der Waals surface area contributed by atoms with E-state index in [4.69, 9.17) is 18.9 Å². The molecule has 1 aromatic rings. The number of benzene rings is 1. The Morgan fingerprint density at radius 1 is 1.18 bits per heavy atom. The number of cyclic esters (lactones) is 1. The van der Waals surface area contributed by atoms with E-state index < -0.39 is 17.1 Å². The van der Waals surface area contributed by atoms with Crippen LogP contribution in [0.2, 0.25) is 0 Å². The first kappa shape index (κ1) is 21.1. The lowest BCUT2D eigenvalue weighted by atomic mass is 9.49. The minimum atomic E-state index is -0.471. The Morgan fingerprint density at radius 3 is 2.73 bits per heavy atom. The molecule has 6 nitrogen and oxygen atoms in total. The SMILES string of the molecule is COC[C@H]1OC(=O)C=C2C=C[C@H]3[C@@H]4CC[C@H](OC(=O)c5ccccc5)[C@@]4(C)C[C@H]4O[C@]43[C@]21C. The molecule has 2 aliphatic heterocycles. The summed E-state index contributed by atoms with van der Waals surface area (Å²) < 4.78 is 23.9. The molecule has 1 spiro atoms. The number of fused-ring (bicyclic) bond motifs is 3. The third-order valence-corrected chi connectivity index (χ3v) is 9.28. The summed E-state index contributed by atoms with van der Waals surface area (Å²) in [6.07, 6.45) is 8.06. The number of rotatable bonds is 4. The van der Waals surface area contributed by atoms with Crippen molar-refractivity contribution in [2.24, 2.45) is 22.7 Å². The molecule has 3 fully saturated rings. The Hall–Kier alpha value is -2.44. The van der Waals surface area contributed by atoms with Gasteiger partial charge in [-0.2, -0.15) is 0 Å². The Bertz CT molecular complexity index is 1060.